The number of hydrogen-bond donors (Lipinski definition) is 2. The quantitative estimate of drug-likeness (QED) is 0.411. The fraction of sp³-hybridized carbons (Fsp3) is 0.438. The molecule has 1 aromatic rings. The molecule has 9 nitrogen and oxygen atoms in total. The standard InChI is InChI=1S/C16H21N3O6/c1-4-16(2,3)18-13(20)10-25-14(21)9-17-15(22)11-6-5-7-12(8-11)19(23)24/h5-8H,4,9-10H2,1-3H3,(H,17,22)(H,18,20). The summed E-state index contributed by atoms with van der Waals surface area (Å²) < 4.78 is 4.77. The van der Waals surface area contributed by atoms with Crippen molar-refractivity contribution < 1.29 is 24.0 Å². The van der Waals surface area contributed by atoms with Crippen LogP contribution in [0.15, 0.2) is 24.3 Å². The molecule has 0 unspecified atom stereocenters. The van der Waals surface area contributed by atoms with Gasteiger partial charge in [0.25, 0.3) is 17.5 Å². The third kappa shape index (κ3) is 6.98. The van der Waals surface area contributed by atoms with E-state index in [-0.39, 0.29) is 11.3 Å². The number of ether oxygens (including phenoxy) is 1. The zero-order valence-electron chi connectivity index (χ0n) is 14.3. The molecule has 0 saturated carbocycles. The summed E-state index contributed by atoms with van der Waals surface area (Å²) in [5.41, 5.74) is -0.588. The number of non-ortho nitro benzene ring substituents is 1. The monoisotopic (exact) mass is 351 g/mol. The summed E-state index contributed by atoms with van der Waals surface area (Å²) in [7, 11) is 0. The summed E-state index contributed by atoms with van der Waals surface area (Å²) in [6.07, 6.45) is 0.714. The summed E-state index contributed by atoms with van der Waals surface area (Å²) >= 11 is 0. The van der Waals surface area contributed by atoms with Crippen LogP contribution < -0.4 is 10.6 Å². The average molecular weight is 351 g/mol. The number of nitrogens with one attached hydrogen (secondary N) is 2. The van der Waals surface area contributed by atoms with E-state index in [9.17, 15) is 24.5 Å². The lowest BCUT2D eigenvalue weighted by Gasteiger charge is -2.24. The molecule has 0 saturated heterocycles. The molecule has 0 aliphatic carbocycles. The van der Waals surface area contributed by atoms with E-state index in [1.54, 1.807) is 0 Å². The molecular formula is C16H21N3O6. The first-order valence-electron chi connectivity index (χ1n) is 7.64. The van der Waals surface area contributed by atoms with E-state index >= 15 is 0 Å². The van der Waals surface area contributed by atoms with E-state index in [0.717, 1.165) is 6.07 Å². The maximum Gasteiger partial charge on any atom is 0.325 e. The van der Waals surface area contributed by atoms with Crippen molar-refractivity contribution in [3.05, 3.63) is 39.9 Å². The number of nitrogens with zero attached hydrogens (tertiary/aromatic N) is 1. The molecule has 0 aromatic heterocycles. The van der Waals surface area contributed by atoms with Crippen molar-refractivity contribution in [2.75, 3.05) is 13.2 Å². The summed E-state index contributed by atoms with van der Waals surface area (Å²) in [6.45, 7) is 4.69. The highest BCUT2D eigenvalue weighted by Gasteiger charge is 2.19. The normalized spacial score (nSPS) is 10.7. The molecule has 1 rings (SSSR count). The van der Waals surface area contributed by atoms with Gasteiger partial charge in [0.05, 0.1) is 4.92 Å². The van der Waals surface area contributed by atoms with Crippen LogP contribution in [0.25, 0.3) is 0 Å². The van der Waals surface area contributed by atoms with Gasteiger partial charge in [0.2, 0.25) is 0 Å². The molecule has 0 bridgehead atoms. The van der Waals surface area contributed by atoms with Crippen LogP contribution in [0.4, 0.5) is 5.69 Å². The zero-order valence-corrected chi connectivity index (χ0v) is 14.3. The Morgan fingerprint density at radius 2 is 1.96 bits per heavy atom. The van der Waals surface area contributed by atoms with Gasteiger partial charge in [-0.25, -0.2) is 0 Å². The predicted octanol–water partition coefficient (Wildman–Crippen LogP) is 1.17. The maximum absolute atomic E-state index is 11.9. The molecule has 0 radical (unpaired) electrons. The summed E-state index contributed by atoms with van der Waals surface area (Å²) in [4.78, 5) is 45.1. The fourth-order valence-corrected chi connectivity index (χ4v) is 1.71. The molecule has 0 fully saturated rings. The van der Waals surface area contributed by atoms with E-state index in [1.807, 2.05) is 20.8 Å². The number of nitro benzene ring substituents is 1. The zero-order chi connectivity index (χ0) is 19.0. The Bertz CT molecular complexity index is 672. The van der Waals surface area contributed by atoms with E-state index < -0.39 is 41.4 Å². The van der Waals surface area contributed by atoms with Crippen molar-refractivity contribution in [3.8, 4) is 0 Å². The SMILES string of the molecule is CCC(C)(C)NC(=O)COC(=O)CNC(=O)c1cccc([N+](=O)[O-])c1. The number of hydrogen-bond acceptors (Lipinski definition) is 6. The van der Waals surface area contributed by atoms with Gasteiger partial charge in [0.1, 0.15) is 6.54 Å². The molecule has 0 heterocycles. The molecule has 0 aliphatic rings. The van der Waals surface area contributed by atoms with Gasteiger partial charge in [0, 0.05) is 23.2 Å². The van der Waals surface area contributed by atoms with Crippen molar-refractivity contribution in [1.82, 2.24) is 10.6 Å². The first-order chi connectivity index (χ1) is 11.6. The van der Waals surface area contributed by atoms with Crippen molar-refractivity contribution >= 4 is 23.5 Å². The van der Waals surface area contributed by atoms with Gasteiger partial charge in [0.15, 0.2) is 6.61 Å². The van der Waals surface area contributed by atoms with E-state index in [0.29, 0.717) is 6.42 Å². The predicted molar refractivity (Wildman–Crippen MR) is 88.9 cm³/mol. The van der Waals surface area contributed by atoms with Crippen LogP contribution in [0, 0.1) is 10.1 Å². The third-order valence-electron chi connectivity index (χ3n) is 3.44. The second kappa shape index (κ2) is 8.76. The number of esters is 1. The number of rotatable bonds is 8. The number of carbonyl (C=O) groups excluding carboxylic acids is 3. The number of nitro groups is 1. The van der Waals surface area contributed by atoms with Crippen molar-refractivity contribution in [1.29, 1.82) is 0 Å². The Balaban J connectivity index is 2.43. The van der Waals surface area contributed by atoms with E-state index in [2.05, 4.69) is 10.6 Å². The van der Waals surface area contributed by atoms with Gasteiger partial charge in [-0.15, -0.1) is 0 Å². The van der Waals surface area contributed by atoms with Crippen LogP contribution in [-0.4, -0.2) is 41.4 Å². The van der Waals surface area contributed by atoms with E-state index in [4.69, 9.17) is 4.74 Å². The minimum Gasteiger partial charge on any atom is -0.454 e. The van der Waals surface area contributed by atoms with Gasteiger partial charge in [-0.3, -0.25) is 24.5 Å². The lowest BCUT2D eigenvalue weighted by Crippen LogP contribution is -2.45. The molecular weight excluding hydrogens is 330 g/mol. The van der Waals surface area contributed by atoms with Crippen LogP contribution in [0.3, 0.4) is 0 Å². The van der Waals surface area contributed by atoms with Crippen LogP contribution in [0.5, 0.6) is 0 Å². The van der Waals surface area contributed by atoms with E-state index in [1.165, 1.54) is 18.2 Å². The summed E-state index contributed by atoms with van der Waals surface area (Å²) in [5.74, 6) is -1.88. The molecule has 0 aliphatic heterocycles. The van der Waals surface area contributed by atoms with Crippen LogP contribution in [-0.2, 0) is 14.3 Å². The van der Waals surface area contributed by atoms with Gasteiger partial charge in [-0.05, 0) is 26.3 Å². The summed E-state index contributed by atoms with van der Waals surface area (Å²) in [5, 5.41) is 15.7. The highest BCUT2D eigenvalue weighted by atomic mass is 16.6. The number of amides is 2. The number of benzene rings is 1. The van der Waals surface area contributed by atoms with Gasteiger partial charge < -0.3 is 15.4 Å². The Kier molecular flexibility index (Phi) is 7.04. The highest BCUT2D eigenvalue weighted by Crippen LogP contribution is 2.12. The maximum atomic E-state index is 11.9. The first-order valence-corrected chi connectivity index (χ1v) is 7.64. The molecule has 2 amide bonds. The smallest absolute Gasteiger partial charge is 0.325 e. The largest absolute Gasteiger partial charge is 0.454 e. The average Bonchev–Trinajstić information content (AvgIpc) is 2.57. The minimum atomic E-state index is -0.789. The molecule has 0 spiro atoms. The van der Waals surface area contributed by atoms with Crippen LogP contribution in [0.1, 0.15) is 37.6 Å². The molecule has 0 atom stereocenters. The molecule has 1 aromatic carbocycles. The van der Waals surface area contributed by atoms with Crippen LogP contribution >= 0.6 is 0 Å². The Labute approximate surface area is 144 Å². The van der Waals surface area contributed by atoms with Gasteiger partial charge >= 0.3 is 5.97 Å². The highest BCUT2D eigenvalue weighted by molar-refractivity contribution is 5.96. The molecule has 136 valence electrons. The second-order valence-electron chi connectivity index (χ2n) is 5.94. The number of carbonyl (C=O) groups is 3. The van der Waals surface area contributed by atoms with Crippen LogP contribution in [0.2, 0.25) is 0 Å². The Morgan fingerprint density at radius 3 is 2.56 bits per heavy atom. The molecule has 25 heavy (non-hydrogen) atoms. The first kappa shape index (κ1) is 20.1. The fourth-order valence-electron chi connectivity index (χ4n) is 1.71. The van der Waals surface area contributed by atoms with Crippen molar-refractivity contribution in [2.24, 2.45) is 0 Å². The molecule has 9 heteroatoms. The lowest BCUT2D eigenvalue weighted by atomic mass is 10.0. The topological polar surface area (TPSA) is 128 Å². The molecule has 2 N–H and O–H groups in total. The summed E-state index contributed by atoms with van der Waals surface area (Å²) in [6, 6.07) is 5.10. The van der Waals surface area contributed by atoms with Gasteiger partial charge in [-0.1, -0.05) is 13.0 Å². The second-order valence-corrected chi connectivity index (χ2v) is 5.94. The minimum absolute atomic E-state index is 0.0458. The third-order valence-corrected chi connectivity index (χ3v) is 3.44. The van der Waals surface area contributed by atoms with Gasteiger partial charge in [-0.2, -0.15) is 0 Å². The Morgan fingerprint density at radius 1 is 1.28 bits per heavy atom. The van der Waals surface area contributed by atoms with Crippen molar-refractivity contribution in [2.45, 2.75) is 32.7 Å². The van der Waals surface area contributed by atoms with Crippen molar-refractivity contribution in [3.63, 3.8) is 0 Å². The Hall–Kier alpha value is -2.97. The lowest BCUT2D eigenvalue weighted by molar-refractivity contribution is -0.384.